The Morgan fingerprint density at radius 3 is 1.25 bits per heavy atom. The first-order valence-corrected chi connectivity index (χ1v) is 2.05. The summed E-state index contributed by atoms with van der Waals surface area (Å²) in [4.78, 5) is 0. The zero-order valence-electron chi connectivity index (χ0n) is 4.53. The molecule has 0 atom stereocenters. The van der Waals surface area contributed by atoms with Gasteiger partial charge in [-0.2, -0.15) is 0 Å². The topological polar surface area (TPSA) is 107 Å². The second-order valence-corrected chi connectivity index (χ2v) is 1.28. The standard InChI is InChI=1S/2K.H2O4S.H2O/c;;1-5(2,3)4;/h;;(H2,1,2,3,4);1H2/q2*+1;;/p-2. The summed E-state index contributed by atoms with van der Waals surface area (Å²) in [6.45, 7) is 0. The summed E-state index contributed by atoms with van der Waals surface area (Å²) < 4.78 is 32.8. The molecule has 0 heterocycles. The zero-order valence-corrected chi connectivity index (χ0v) is 11.6. The monoisotopic (exact) mass is 192 g/mol. The van der Waals surface area contributed by atoms with Crippen LogP contribution in [-0.2, 0) is 10.4 Å². The normalized spacial score (nSPS) is 7.25. The van der Waals surface area contributed by atoms with Crippen LogP contribution in [0.15, 0.2) is 0 Å². The minimum atomic E-state index is -4.92. The molecule has 0 fully saturated rings. The maximum atomic E-state index is 8.63. The molecule has 0 aromatic carbocycles. The summed E-state index contributed by atoms with van der Waals surface area (Å²) in [5, 5.41) is 0. The fraction of sp³-hybridized carbons (Fsp3) is 0. The van der Waals surface area contributed by atoms with Crippen molar-refractivity contribution in [2.24, 2.45) is 0 Å². The van der Waals surface area contributed by atoms with Crippen molar-refractivity contribution in [1.82, 2.24) is 0 Å². The Morgan fingerprint density at radius 2 is 1.25 bits per heavy atom. The molecule has 0 aromatic heterocycles. The molecule has 0 unspecified atom stereocenters. The van der Waals surface area contributed by atoms with E-state index < -0.39 is 10.4 Å². The third-order valence-electron chi connectivity index (χ3n) is 0. The quantitative estimate of drug-likeness (QED) is 0.233. The number of rotatable bonds is 0. The van der Waals surface area contributed by atoms with Gasteiger partial charge < -0.3 is 10.0 Å². The molecule has 0 aliphatic carbocycles. The van der Waals surface area contributed by atoms with E-state index in [4.69, 9.17) is 17.5 Å². The number of hydrogen-bond acceptors (Lipinski definition) is 4. The van der Waals surface area contributed by atoms with Gasteiger partial charge in [-0.25, -0.2) is 8.42 Å². The van der Waals surface area contributed by atoms with E-state index in [0.29, 0.717) is 0 Å². The molecule has 8 heavy (non-hydrogen) atoms. The van der Waals surface area contributed by atoms with E-state index >= 15 is 0 Å². The zero-order chi connectivity index (χ0) is 4.50. The molecular weight excluding hydrogens is 190 g/mol. The second-order valence-electron chi connectivity index (χ2n) is 0.428. The molecule has 2 N–H and O–H groups in total. The molecule has 0 aromatic rings. The van der Waals surface area contributed by atoms with Gasteiger partial charge in [0.25, 0.3) is 0 Å². The molecule has 0 rings (SSSR count). The van der Waals surface area contributed by atoms with E-state index in [1.54, 1.807) is 0 Å². The molecule has 0 amide bonds. The van der Waals surface area contributed by atoms with Gasteiger partial charge in [0.1, 0.15) is 0 Å². The average molecular weight is 192 g/mol. The Kier molecular flexibility index (Phi) is 28.4. The first kappa shape index (κ1) is 22.5. The van der Waals surface area contributed by atoms with Crippen molar-refractivity contribution in [2.45, 2.75) is 0 Å². The van der Waals surface area contributed by atoms with E-state index in [2.05, 4.69) is 0 Å². The molecule has 0 bridgehead atoms. The summed E-state index contributed by atoms with van der Waals surface area (Å²) in [6, 6.07) is 0. The van der Waals surface area contributed by atoms with E-state index in [1.807, 2.05) is 0 Å². The van der Waals surface area contributed by atoms with Gasteiger partial charge in [-0.05, 0) is 0 Å². The van der Waals surface area contributed by atoms with Crippen LogP contribution in [0, 0.1) is 0 Å². The van der Waals surface area contributed by atoms with Crippen LogP contribution in [0.2, 0.25) is 0 Å². The maximum absolute atomic E-state index is 8.63. The van der Waals surface area contributed by atoms with Crippen molar-refractivity contribution in [3.63, 3.8) is 0 Å². The Labute approximate surface area is 132 Å². The van der Waals surface area contributed by atoms with Crippen molar-refractivity contribution < 1.29 is 126 Å². The summed E-state index contributed by atoms with van der Waals surface area (Å²) >= 11 is 0. The predicted molar refractivity (Wildman–Crippen MR) is 14.3 cm³/mol. The second kappa shape index (κ2) is 10.1. The van der Waals surface area contributed by atoms with E-state index in [1.165, 1.54) is 0 Å². The van der Waals surface area contributed by atoms with Crippen LogP contribution in [0.25, 0.3) is 0 Å². The molecule has 0 spiro atoms. The molecule has 5 nitrogen and oxygen atoms in total. The van der Waals surface area contributed by atoms with E-state index in [0.717, 1.165) is 0 Å². The molecular formula is H2K2O5S. The van der Waals surface area contributed by atoms with Crippen molar-refractivity contribution in [2.75, 3.05) is 0 Å². The van der Waals surface area contributed by atoms with Crippen LogP contribution in [0.4, 0.5) is 0 Å². The minimum absolute atomic E-state index is 0. The first-order chi connectivity index (χ1) is 2.00. The summed E-state index contributed by atoms with van der Waals surface area (Å²) in [7, 11) is -4.92. The average Bonchev–Trinajstić information content (AvgIpc) is 0.722. The van der Waals surface area contributed by atoms with Crippen LogP contribution >= 0.6 is 0 Å². The Morgan fingerprint density at radius 1 is 1.25 bits per heavy atom. The molecule has 0 aliphatic heterocycles. The van der Waals surface area contributed by atoms with Gasteiger partial charge in [0.05, 0.1) is 0 Å². The first-order valence-electron chi connectivity index (χ1n) is 0.683. The van der Waals surface area contributed by atoms with Crippen molar-refractivity contribution >= 4 is 10.4 Å². The van der Waals surface area contributed by atoms with E-state index in [-0.39, 0.29) is 108 Å². The predicted octanol–water partition coefficient (Wildman–Crippen LogP) is -7.16. The minimum Gasteiger partial charge on any atom is -0.870 e. The maximum Gasteiger partial charge on any atom is 1.00 e. The van der Waals surface area contributed by atoms with Gasteiger partial charge in [0.2, 0.25) is 10.4 Å². The van der Waals surface area contributed by atoms with Crippen LogP contribution in [0.3, 0.4) is 0 Å². The molecule has 0 radical (unpaired) electrons. The molecule has 8 heteroatoms. The van der Waals surface area contributed by atoms with Gasteiger partial charge >= 0.3 is 103 Å². The molecule has 40 valence electrons. The van der Waals surface area contributed by atoms with Gasteiger partial charge in [-0.3, -0.25) is 4.55 Å². The van der Waals surface area contributed by atoms with Crippen LogP contribution < -0.4 is 103 Å². The van der Waals surface area contributed by atoms with Crippen molar-refractivity contribution in [3.8, 4) is 0 Å². The van der Waals surface area contributed by atoms with Gasteiger partial charge in [0.15, 0.2) is 0 Å². The van der Waals surface area contributed by atoms with Crippen LogP contribution in [0.5, 0.6) is 0 Å². The van der Waals surface area contributed by atoms with Gasteiger partial charge in [-0.1, -0.05) is 0 Å². The summed E-state index contributed by atoms with van der Waals surface area (Å²) in [5.74, 6) is 0. The van der Waals surface area contributed by atoms with Crippen LogP contribution in [0.1, 0.15) is 0 Å². The van der Waals surface area contributed by atoms with Crippen LogP contribution in [-0.4, -0.2) is 23.0 Å². The largest absolute Gasteiger partial charge is 1.00 e. The third-order valence-corrected chi connectivity index (χ3v) is 0. The molecule has 0 aliphatic rings. The van der Waals surface area contributed by atoms with E-state index in [9.17, 15) is 0 Å². The van der Waals surface area contributed by atoms with Gasteiger partial charge in [0, 0.05) is 0 Å². The Hall–Kier alpha value is 3.10. The SMILES string of the molecule is O=S(=O)([O-])O.[K+].[K+].[OH-]. The smallest absolute Gasteiger partial charge is 0.870 e. The number of hydrogen-bond donors (Lipinski definition) is 1. The van der Waals surface area contributed by atoms with Crippen molar-refractivity contribution in [3.05, 3.63) is 0 Å². The third kappa shape index (κ3) is 62.1. The Bertz CT molecular complexity index is 93.6. The fourth-order valence-electron chi connectivity index (χ4n) is 0. The summed E-state index contributed by atoms with van der Waals surface area (Å²) in [5.41, 5.74) is 0. The molecule has 0 saturated carbocycles. The van der Waals surface area contributed by atoms with Crippen molar-refractivity contribution in [1.29, 1.82) is 0 Å². The fourth-order valence-corrected chi connectivity index (χ4v) is 0. The van der Waals surface area contributed by atoms with Gasteiger partial charge in [-0.15, -0.1) is 0 Å². The Balaban J connectivity index is -0.0000000267. The molecule has 0 saturated heterocycles. The summed E-state index contributed by atoms with van der Waals surface area (Å²) in [6.07, 6.45) is 0.